The van der Waals surface area contributed by atoms with Gasteiger partial charge in [-0.1, -0.05) is 206 Å². The van der Waals surface area contributed by atoms with Crippen molar-refractivity contribution in [1.29, 1.82) is 0 Å². The standard InChI is InChI=1S/C64H44N2/c1-5-25-45(26-6-1)65(46-27-7-2-8-28-46)59-43-23-21-41-57(59)61-49-33-13-17-37-53(49)63(54-38-18-14-34-50(54)61)64-55-39-19-15-35-51(55)62(52-36-16-20-40-56(52)64)58-42-22-24-44-60(58)66(47-29-9-3-10-30-47)48-31-11-4-12-32-48/h1-44H. The van der Waals surface area contributed by atoms with Crippen molar-refractivity contribution in [2.45, 2.75) is 0 Å². The molecule has 0 amide bonds. The number of fused-ring (bicyclic) bond motifs is 4. The summed E-state index contributed by atoms with van der Waals surface area (Å²) in [5, 5.41) is 9.72. The van der Waals surface area contributed by atoms with Gasteiger partial charge in [-0.2, -0.15) is 0 Å². The molecule has 0 radical (unpaired) electrons. The lowest BCUT2D eigenvalue weighted by Gasteiger charge is -2.29. The topological polar surface area (TPSA) is 6.48 Å². The van der Waals surface area contributed by atoms with E-state index in [4.69, 9.17) is 0 Å². The van der Waals surface area contributed by atoms with Gasteiger partial charge in [0, 0.05) is 33.9 Å². The summed E-state index contributed by atoms with van der Waals surface area (Å²) in [4.78, 5) is 4.78. The van der Waals surface area contributed by atoms with E-state index in [2.05, 4.69) is 277 Å². The molecule has 12 aromatic rings. The first-order valence-corrected chi connectivity index (χ1v) is 22.7. The normalized spacial score (nSPS) is 11.3. The van der Waals surface area contributed by atoms with Crippen LogP contribution in [0.5, 0.6) is 0 Å². The third-order valence-corrected chi connectivity index (χ3v) is 13.0. The predicted molar refractivity (Wildman–Crippen MR) is 282 cm³/mol. The molecule has 12 rings (SSSR count). The Balaban J connectivity index is 1.15. The molecule has 66 heavy (non-hydrogen) atoms. The minimum atomic E-state index is 1.11. The molecule has 0 spiro atoms. The Morgan fingerprint density at radius 2 is 0.364 bits per heavy atom. The van der Waals surface area contributed by atoms with Crippen molar-refractivity contribution < 1.29 is 0 Å². The Kier molecular flexibility index (Phi) is 9.89. The number of hydrogen-bond acceptors (Lipinski definition) is 2. The van der Waals surface area contributed by atoms with E-state index in [0.29, 0.717) is 0 Å². The Labute approximate surface area is 385 Å². The van der Waals surface area contributed by atoms with Crippen molar-refractivity contribution in [2.75, 3.05) is 9.80 Å². The number of nitrogens with zero attached hydrogens (tertiary/aromatic N) is 2. The summed E-state index contributed by atoms with van der Waals surface area (Å²) >= 11 is 0. The van der Waals surface area contributed by atoms with Crippen LogP contribution in [0.3, 0.4) is 0 Å². The van der Waals surface area contributed by atoms with Gasteiger partial charge in [-0.25, -0.2) is 0 Å². The van der Waals surface area contributed by atoms with E-state index in [9.17, 15) is 0 Å². The molecule has 0 aliphatic heterocycles. The quantitative estimate of drug-likeness (QED) is 0.134. The molecule has 0 N–H and O–H groups in total. The monoisotopic (exact) mass is 840 g/mol. The lowest BCUT2D eigenvalue weighted by molar-refractivity contribution is 1.28. The molecular weight excluding hydrogens is 797 g/mol. The van der Waals surface area contributed by atoms with Crippen molar-refractivity contribution in [3.63, 3.8) is 0 Å². The van der Waals surface area contributed by atoms with Crippen LogP contribution in [-0.4, -0.2) is 0 Å². The van der Waals surface area contributed by atoms with Crippen LogP contribution in [0.4, 0.5) is 34.1 Å². The maximum absolute atomic E-state index is 2.39. The van der Waals surface area contributed by atoms with Gasteiger partial charge in [-0.15, -0.1) is 0 Å². The first-order valence-electron chi connectivity index (χ1n) is 22.7. The summed E-state index contributed by atoms with van der Waals surface area (Å²) in [6.45, 7) is 0. The zero-order valence-corrected chi connectivity index (χ0v) is 36.3. The molecule has 0 bridgehead atoms. The average molecular weight is 841 g/mol. The smallest absolute Gasteiger partial charge is 0.0540 e. The molecule has 310 valence electrons. The Hall–Kier alpha value is -8.72. The lowest BCUT2D eigenvalue weighted by atomic mass is 9.80. The van der Waals surface area contributed by atoms with Crippen LogP contribution in [0.2, 0.25) is 0 Å². The fourth-order valence-electron chi connectivity index (χ4n) is 10.3. The van der Waals surface area contributed by atoms with Crippen LogP contribution < -0.4 is 9.80 Å². The first-order chi connectivity index (χ1) is 32.8. The SMILES string of the molecule is c1ccc(N(c2ccccc2)c2ccccc2-c2c3ccccc3c(-c3c4ccccc4c(-c4ccccc4N(c4ccccc4)c4ccccc4)c4ccccc34)c3ccccc23)cc1. The van der Waals surface area contributed by atoms with E-state index < -0.39 is 0 Å². The predicted octanol–water partition coefficient (Wildman–Crippen LogP) is 18.2. The molecule has 0 saturated carbocycles. The molecule has 0 unspecified atom stereocenters. The van der Waals surface area contributed by atoms with Gasteiger partial charge in [0.2, 0.25) is 0 Å². The lowest BCUT2D eigenvalue weighted by Crippen LogP contribution is -2.11. The number of rotatable bonds is 9. The minimum Gasteiger partial charge on any atom is -0.310 e. The maximum atomic E-state index is 2.39. The summed E-state index contributed by atoms with van der Waals surface area (Å²) in [6, 6.07) is 96.9. The molecule has 0 aliphatic carbocycles. The highest BCUT2D eigenvalue weighted by Crippen LogP contribution is 2.53. The Bertz CT molecular complexity index is 3260. The summed E-state index contributed by atoms with van der Waals surface area (Å²) in [6.07, 6.45) is 0. The van der Waals surface area contributed by atoms with Crippen molar-refractivity contribution >= 4 is 77.2 Å². The van der Waals surface area contributed by atoms with Crippen LogP contribution in [0.1, 0.15) is 0 Å². The molecule has 2 nitrogen and oxygen atoms in total. The van der Waals surface area contributed by atoms with Gasteiger partial charge in [0.15, 0.2) is 0 Å². The molecule has 0 aromatic heterocycles. The molecule has 0 heterocycles. The Morgan fingerprint density at radius 1 is 0.167 bits per heavy atom. The van der Waals surface area contributed by atoms with E-state index in [0.717, 1.165) is 34.1 Å². The van der Waals surface area contributed by atoms with Gasteiger partial charge >= 0.3 is 0 Å². The molecule has 0 aliphatic rings. The highest BCUT2D eigenvalue weighted by molar-refractivity contribution is 6.30. The molecule has 2 heteroatoms. The number of hydrogen-bond donors (Lipinski definition) is 0. The maximum Gasteiger partial charge on any atom is 0.0540 e. The van der Waals surface area contributed by atoms with Crippen LogP contribution in [0.15, 0.2) is 267 Å². The van der Waals surface area contributed by atoms with Crippen LogP contribution in [-0.2, 0) is 0 Å². The molecule has 12 aromatic carbocycles. The average Bonchev–Trinajstić information content (AvgIpc) is 3.39. The fraction of sp³-hybridized carbons (Fsp3) is 0. The summed E-state index contributed by atoms with van der Waals surface area (Å²) in [7, 11) is 0. The third kappa shape index (κ3) is 6.58. The second-order valence-corrected chi connectivity index (χ2v) is 16.7. The highest BCUT2D eigenvalue weighted by atomic mass is 15.1. The first kappa shape index (κ1) is 38.9. The van der Waals surface area contributed by atoms with Crippen LogP contribution in [0.25, 0.3) is 76.5 Å². The van der Waals surface area contributed by atoms with Crippen LogP contribution in [0, 0.1) is 0 Å². The van der Waals surface area contributed by atoms with E-state index >= 15 is 0 Å². The summed E-state index contributed by atoms with van der Waals surface area (Å²) < 4.78 is 0. The van der Waals surface area contributed by atoms with E-state index in [-0.39, 0.29) is 0 Å². The van der Waals surface area contributed by atoms with Gasteiger partial charge in [0.05, 0.1) is 11.4 Å². The van der Waals surface area contributed by atoms with Crippen molar-refractivity contribution in [2.24, 2.45) is 0 Å². The van der Waals surface area contributed by atoms with Gasteiger partial charge in [-0.05, 0) is 126 Å². The minimum absolute atomic E-state index is 1.11. The zero-order valence-electron chi connectivity index (χ0n) is 36.3. The van der Waals surface area contributed by atoms with Crippen molar-refractivity contribution in [1.82, 2.24) is 0 Å². The summed E-state index contributed by atoms with van der Waals surface area (Å²) in [5.74, 6) is 0. The fourth-order valence-corrected chi connectivity index (χ4v) is 10.3. The molecular formula is C64H44N2. The van der Waals surface area contributed by atoms with Gasteiger partial charge < -0.3 is 9.80 Å². The second kappa shape index (κ2) is 16.8. The third-order valence-electron chi connectivity index (χ3n) is 13.0. The zero-order chi connectivity index (χ0) is 43.8. The highest BCUT2D eigenvalue weighted by Gasteiger charge is 2.26. The number of benzene rings is 12. The van der Waals surface area contributed by atoms with E-state index in [1.807, 2.05) is 0 Å². The largest absolute Gasteiger partial charge is 0.310 e. The second-order valence-electron chi connectivity index (χ2n) is 16.7. The van der Waals surface area contributed by atoms with E-state index in [1.165, 1.54) is 76.5 Å². The number of anilines is 6. The van der Waals surface area contributed by atoms with Gasteiger partial charge in [-0.3, -0.25) is 0 Å². The number of para-hydroxylation sites is 6. The van der Waals surface area contributed by atoms with E-state index in [1.54, 1.807) is 0 Å². The van der Waals surface area contributed by atoms with Crippen molar-refractivity contribution in [3.05, 3.63) is 267 Å². The summed E-state index contributed by atoms with van der Waals surface area (Å²) in [5.41, 5.74) is 14.0. The van der Waals surface area contributed by atoms with Gasteiger partial charge in [0.1, 0.15) is 0 Å². The van der Waals surface area contributed by atoms with Gasteiger partial charge in [0.25, 0.3) is 0 Å². The molecule has 0 atom stereocenters. The Morgan fingerprint density at radius 3 is 0.621 bits per heavy atom. The van der Waals surface area contributed by atoms with Crippen molar-refractivity contribution in [3.8, 4) is 33.4 Å². The van der Waals surface area contributed by atoms with Crippen LogP contribution >= 0.6 is 0 Å². The molecule has 0 fully saturated rings. The molecule has 0 saturated heterocycles.